The van der Waals surface area contributed by atoms with E-state index in [0.29, 0.717) is 18.8 Å². The first kappa shape index (κ1) is 19.3. The molecule has 0 spiro atoms. The van der Waals surface area contributed by atoms with Crippen LogP contribution in [-0.2, 0) is 11.3 Å². The van der Waals surface area contributed by atoms with Crippen LogP contribution in [0.2, 0.25) is 0 Å². The first-order valence-corrected chi connectivity index (χ1v) is 9.61. The van der Waals surface area contributed by atoms with E-state index in [1.807, 2.05) is 42.7 Å². The van der Waals surface area contributed by atoms with Crippen molar-refractivity contribution in [2.45, 2.75) is 31.3 Å². The molecule has 2 rings (SSSR count). The minimum atomic E-state index is -0.140. The molecule has 1 N–H and O–H groups in total. The summed E-state index contributed by atoms with van der Waals surface area (Å²) < 4.78 is 11.1. The zero-order chi connectivity index (χ0) is 18.1. The number of benzene rings is 2. The molecule has 25 heavy (non-hydrogen) atoms. The number of anilines is 1. The topological polar surface area (TPSA) is 47.6 Å². The van der Waals surface area contributed by atoms with Crippen LogP contribution in [0.5, 0.6) is 5.75 Å². The lowest BCUT2D eigenvalue weighted by Gasteiger charge is -2.13. The first-order valence-electron chi connectivity index (χ1n) is 8.38. The summed E-state index contributed by atoms with van der Waals surface area (Å²) in [6, 6.07) is 13.2. The van der Waals surface area contributed by atoms with Gasteiger partial charge in [0.25, 0.3) is 5.91 Å². The maximum atomic E-state index is 12.6. The number of amides is 1. The fourth-order valence-corrected chi connectivity index (χ4v) is 2.96. The Kier molecular flexibility index (Phi) is 7.82. The Morgan fingerprint density at radius 1 is 1.20 bits per heavy atom. The van der Waals surface area contributed by atoms with Gasteiger partial charge in [-0.3, -0.25) is 4.79 Å². The molecule has 0 atom stereocenters. The van der Waals surface area contributed by atoms with Gasteiger partial charge in [-0.2, -0.15) is 0 Å². The standard InChI is InChI=1S/C20H25NO3S/c1-4-5-12-24-14-16-13-15(10-11-18(16)23-2)20(22)21-17-8-6-7-9-19(17)25-3/h6-11,13H,4-5,12,14H2,1-3H3,(H,21,22). The van der Waals surface area contributed by atoms with Crippen molar-refractivity contribution in [2.24, 2.45) is 0 Å². The van der Waals surface area contributed by atoms with Crippen LogP contribution in [0.15, 0.2) is 47.4 Å². The monoisotopic (exact) mass is 359 g/mol. The van der Waals surface area contributed by atoms with Gasteiger partial charge in [0.1, 0.15) is 5.75 Å². The Morgan fingerprint density at radius 2 is 2.00 bits per heavy atom. The van der Waals surface area contributed by atoms with Crippen molar-refractivity contribution in [2.75, 3.05) is 25.3 Å². The number of ether oxygens (including phenoxy) is 2. The SMILES string of the molecule is CCCCOCc1cc(C(=O)Nc2ccccc2SC)ccc1OC. The van der Waals surface area contributed by atoms with Crippen LogP contribution in [-0.4, -0.2) is 25.9 Å². The summed E-state index contributed by atoms with van der Waals surface area (Å²) in [4.78, 5) is 13.6. The zero-order valence-corrected chi connectivity index (χ0v) is 15.8. The maximum Gasteiger partial charge on any atom is 0.255 e. The van der Waals surface area contributed by atoms with Gasteiger partial charge >= 0.3 is 0 Å². The number of nitrogens with one attached hydrogen (secondary N) is 1. The Hall–Kier alpha value is -1.98. The van der Waals surface area contributed by atoms with E-state index in [1.165, 1.54) is 0 Å². The van der Waals surface area contributed by atoms with Crippen LogP contribution in [0, 0.1) is 0 Å². The van der Waals surface area contributed by atoms with E-state index in [-0.39, 0.29) is 5.91 Å². The molecule has 5 heteroatoms. The van der Waals surface area contributed by atoms with Gasteiger partial charge in [0.05, 0.1) is 19.4 Å². The second-order valence-electron chi connectivity index (χ2n) is 5.59. The van der Waals surface area contributed by atoms with Crippen LogP contribution >= 0.6 is 11.8 Å². The van der Waals surface area contributed by atoms with Crippen molar-refractivity contribution < 1.29 is 14.3 Å². The predicted octanol–water partition coefficient (Wildman–Crippen LogP) is 4.99. The molecular formula is C20H25NO3S. The third-order valence-electron chi connectivity index (χ3n) is 3.80. The fourth-order valence-electron chi connectivity index (χ4n) is 2.40. The molecule has 134 valence electrons. The Balaban J connectivity index is 2.13. The number of para-hydroxylation sites is 1. The van der Waals surface area contributed by atoms with Gasteiger partial charge < -0.3 is 14.8 Å². The molecule has 0 aliphatic heterocycles. The number of hydrogen-bond acceptors (Lipinski definition) is 4. The molecule has 0 radical (unpaired) electrons. The van der Waals surface area contributed by atoms with E-state index in [2.05, 4.69) is 12.2 Å². The highest BCUT2D eigenvalue weighted by atomic mass is 32.2. The minimum Gasteiger partial charge on any atom is -0.496 e. The van der Waals surface area contributed by atoms with Crippen molar-refractivity contribution in [3.8, 4) is 5.75 Å². The van der Waals surface area contributed by atoms with Gasteiger partial charge in [-0.15, -0.1) is 11.8 Å². The number of rotatable bonds is 9. The third-order valence-corrected chi connectivity index (χ3v) is 4.59. The van der Waals surface area contributed by atoms with Crippen molar-refractivity contribution >= 4 is 23.4 Å². The molecule has 0 unspecified atom stereocenters. The summed E-state index contributed by atoms with van der Waals surface area (Å²) in [5, 5.41) is 2.98. The summed E-state index contributed by atoms with van der Waals surface area (Å²) in [7, 11) is 1.62. The minimum absolute atomic E-state index is 0.140. The molecule has 0 aromatic heterocycles. The molecule has 0 aliphatic rings. The normalized spacial score (nSPS) is 10.5. The Morgan fingerprint density at radius 3 is 2.72 bits per heavy atom. The highest BCUT2D eigenvalue weighted by Crippen LogP contribution is 2.26. The average molecular weight is 359 g/mol. The lowest BCUT2D eigenvalue weighted by Crippen LogP contribution is -2.13. The number of unbranched alkanes of at least 4 members (excludes halogenated alkanes) is 1. The quantitative estimate of drug-likeness (QED) is 0.506. The summed E-state index contributed by atoms with van der Waals surface area (Å²) in [5.41, 5.74) is 2.28. The van der Waals surface area contributed by atoms with Crippen LogP contribution in [0.25, 0.3) is 0 Å². The predicted molar refractivity (Wildman–Crippen MR) is 104 cm³/mol. The van der Waals surface area contributed by atoms with Crippen LogP contribution in [0.4, 0.5) is 5.69 Å². The van der Waals surface area contributed by atoms with Crippen LogP contribution in [0.1, 0.15) is 35.7 Å². The number of carbonyl (C=O) groups is 1. The van der Waals surface area contributed by atoms with E-state index in [0.717, 1.165) is 34.7 Å². The molecular weight excluding hydrogens is 334 g/mol. The average Bonchev–Trinajstić information content (AvgIpc) is 2.65. The van der Waals surface area contributed by atoms with Crippen molar-refractivity contribution in [3.63, 3.8) is 0 Å². The lowest BCUT2D eigenvalue weighted by atomic mass is 10.1. The smallest absolute Gasteiger partial charge is 0.255 e. The van der Waals surface area contributed by atoms with Gasteiger partial charge in [0, 0.05) is 22.6 Å². The second-order valence-corrected chi connectivity index (χ2v) is 6.44. The summed E-state index contributed by atoms with van der Waals surface area (Å²) in [6.45, 7) is 3.27. The molecule has 0 bridgehead atoms. The van der Waals surface area contributed by atoms with Gasteiger partial charge in [-0.05, 0) is 43.0 Å². The van der Waals surface area contributed by atoms with Gasteiger partial charge in [0.2, 0.25) is 0 Å². The fraction of sp³-hybridized carbons (Fsp3) is 0.350. The Labute approximate surface area is 153 Å². The molecule has 2 aromatic rings. The number of methoxy groups -OCH3 is 1. The molecule has 0 saturated heterocycles. The van der Waals surface area contributed by atoms with E-state index < -0.39 is 0 Å². The van der Waals surface area contributed by atoms with Crippen molar-refractivity contribution in [1.82, 2.24) is 0 Å². The number of carbonyl (C=O) groups excluding carboxylic acids is 1. The second kappa shape index (κ2) is 10.1. The van der Waals surface area contributed by atoms with E-state index in [4.69, 9.17) is 9.47 Å². The van der Waals surface area contributed by atoms with Crippen LogP contribution < -0.4 is 10.1 Å². The van der Waals surface area contributed by atoms with Gasteiger partial charge in [-0.25, -0.2) is 0 Å². The summed E-state index contributed by atoms with van der Waals surface area (Å²) in [5.74, 6) is 0.594. The van der Waals surface area contributed by atoms with E-state index in [9.17, 15) is 4.79 Å². The molecule has 0 fully saturated rings. The number of hydrogen-bond donors (Lipinski definition) is 1. The molecule has 2 aromatic carbocycles. The van der Waals surface area contributed by atoms with Crippen LogP contribution in [0.3, 0.4) is 0 Å². The Bertz CT molecular complexity index is 703. The molecule has 0 heterocycles. The van der Waals surface area contributed by atoms with E-state index in [1.54, 1.807) is 24.9 Å². The van der Waals surface area contributed by atoms with Crippen molar-refractivity contribution in [1.29, 1.82) is 0 Å². The first-order chi connectivity index (χ1) is 12.2. The van der Waals surface area contributed by atoms with Crippen molar-refractivity contribution in [3.05, 3.63) is 53.6 Å². The highest BCUT2D eigenvalue weighted by molar-refractivity contribution is 7.98. The number of thioether (sulfide) groups is 1. The molecule has 0 aliphatic carbocycles. The summed E-state index contributed by atoms with van der Waals surface area (Å²) >= 11 is 1.60. The zero-order valence-electron chi connectivity index (χ0n) is 15.0. The largest absolute Gasteiger partial charge is 0.496 e. The maximum absolute atomic E-state index is 12.6. The summed E-state index contributed by atoms with van der Waals surface area (Å²) in [6.07, 6.45) is 4.10. The van der Waals surface area contributed by atoms with Gasteiger partial charge in [0.15, 0.2) is 0 Å². The molecule has 1 amide bonds. The van der Waals surface area contributed by atoms with E-state index >= 15 is 0 Å². The third kappa shape index (κ3) is 5.51. The molecule has 0 saturated carbocycles. The highest BCUT2D eigenvalue weighted by Gasteiger charge is 2.12. The lowest BCUT2D eigenvalue weighted by molar-refractivity contribution is 0.102. The molecule has 4 nitrogen and oxygen atoms in total. The van der Waals surface area contributed by atoms with Gasteiger partial charge in [-0.1, -0.05) is 25.5 Å².